The summed E-state index contributed by atoms with van der Waals surface area (Å²) in [6, 6.07) is 19.2. The second kappa shape index (κ2) is 14.6. The largest absolute Gasteiger partial charge is 0.444 e. The van der Waals surface area contributed by atoms with Gasteiger partial charge in [0.05, 0.1) is 37.3 Å². The van der Waals surface area contributed by atoms with E-state index in [2.05, 4.69) is 4.98 Å². The van der Waals surface area contributed by atoms with Crippen LogP contribution in [0.5, 0.6) is 0 Å². The number of imidazole rings is 1. The van der Waals surface area contributed by atoms with Crippen molar-refractivity contribution in [1.29, 1.82) is 0 Å². The van der Waals surface area contributed by atoms with Crippen molar-refractivity contribution in [2.75, 3.05) is 26.2 Å². The molecular weight excluding hydrogens is 627 g/mol. The Bertz CT molecular complexity index is 1660. The molecular formula is C37H45N5O5S. The molecule has 10 nitrogen and oxygen atoms in total. The molecule has 2 aromatic carbocycles. The zero-order valence-electron chi connectivity index (χ0n) is 28.0. The molecule has 2 aliphatic rings. The van der Waals surface area contributed by atoms with E-state index in [9.17, 15) is 14.7 Å². The number of rotatable bonds is 9. The van der Waals surface area contributed by atoms with E-state index in [-0.39, 0.29) is 30.7 Å². The van der Waals surface area contributed by atoms with Crippen LogP contribution in [0, 0.1) is 0 Å². The normalized spacial score (nSPS) is 21.7. The number of aromatic nitrogens is 3. The highest BCUT2D eigenvalue weighted by Crippen LogP contribution is 2.41. The quantitative estimate of drug-likeness (QED) is 0.220. The lowest BCUT2D eigenvalue weighted by Crippen LogP contribution is -2.58. The second-order valence-corrected chi connectivity index (χ2v) is 14.7. The fourth-order valence-electron chi connectivity index (χ4n) is 6.86. The predicted octanol–water partition coefficient (Wildman–Crippen LogP) is 6.37. The van der Waals surface area contributed by atoms with Gasteiger partial charge in [0.15, 0.2) is 5.69 Å². The van der Waals surface area contributed by atoms with Crippen LogP contribution in [-0.2, 0) is 22.5 Å². The molecule has 2 fully saturated rings. The number of amides is 2. The van der Waals surface area contributed by atoms with Gasteiger partial charge < -0.3 is 28.9 Å². The summed E-state index contributed by atoms with van der Waals surface area (Å²) >= 11 is 1.53. The molecule has 3 heterocycles. The Kier molecular flexibility index (Phi) is 10.3. The Hall–Kier alpha value is -4.06. The topological polar surface area (TPSA) is 110 Å². The summed E-state index contributed by atoms with van der Waals surface area (Å²) in [6.45, 7) is 7.09. The lowest BCUT2D eigenvalue weighted by Gasteiger charge is -2.42. The van der Waals surface area contributed by atoms with Crippen molar-refractivity contribution in [3.8, 4) is 11.3 Å². The third kappa shape index (κ3) is 7.80. The number of thiazole rings is 1. The van der Waals surface area contributed by atoms with E-state index < -0.39 is 11.2 Å². The van der Waals surface area contributed by atoms with E-state index in [4.69, 9.17) is 14.5 Å². The van der Waals surface area contributed by atoms with Crippen molar-refractivity contribution >= 4 is 23.3 Å². The fraction of sp³-hybridized carbons (Fsp3) is 0.459. The molecule has 2 aromatic heterocycles. The lowest BCUT2D eigenvalue weighted by molar-refractivity contribution is -0.103. The minimum absolute atomic E-state index is 0.151. The van der Waals surface area contributed by atoms with E-state index >= 15 is 0 Å². The highest BCUT2D eigenvalue weighted by atomic mass is 32.1. The molecule has 0 radical (unpaired) electrons. The molecule has 6 rings (SSSR count). The number of aliphatic hydroxyl groups is 1. The summed E-state index contributed by atoms with van der Waals surface area (Å²) in [4.78, 5) is 40.5. The molecule has 1 aliphatic heterocycles. The summed E-state index contributed by atoms with van der Waals surface area (Å²) in [7, 11) is 0. The van der Waals surface area contributed by atoms with E-state index in [1.165, 1.54) is 11.3 Å². The van der Waals surface area contributed by atoms with Crippen molar-refractivity contribution in [2.45, 2.75) is 82.8 Å². The standard InChI is InChI=1S/C37H45N5O5S/c1-36(2,3)47-35(44)40-19-20-41(29(23-40)22-27-12-6-4-7-13-27)34(43)32-33(28-14-8-5-9-15-28)42(26-39-32)30-16-10-11-17-37(30,45)25-46-24-31-38-18-21-48-31/h4-9,12-15,18,21,26,29-30,45H,10-11,16-17,19-20,22-25H2,1-3H3/t29-,30?,37?/m1/s1. The first-order valence-electron chi connectivity index (χ1n) is 16.7. The molecule has 11 heteroatoms. The van der Waals surface area contributed by atoms with Crippen LogP contribution in [0.3, 0.4) is 0 Å². The molecule has 0 bridgehead atoms. The second-order valence-electron chi connectivity index (χ2n) is 13.8. The summed E-state index contributed by atoms with van der Waals surface area (Å²) < 4.78 is 13.7. The van der Waals surface area contributed by atoms with E-state index in [1.807, 2.05) is 96.3 Å². The van der Waals surface area contributed by atoms with Crippen molar-refractivity contribution in [1.82, 2.24) is 24.3 Å². The maximum absolute atomic E-state index is 14.7. The average Bonchev–Trinajstić information content (AvgIpc) is 3.75. The first-order chi connectivity index (χ1) is 23.1. The van der Waals surface area contributed by atoms with Crippen LogP contribution in [0.25, 0.3) is 11.3 Å². The number of ether oxygens (including phenoxy) is 2. The molecule has 2 amide bonds. The molecule has 48 heavy (non-hydrogen) atoms. The van der Waals surface area contributed by atoms with Gasteiger partial charge in [-0.15, -0.1) is 11.3 Å². The van der Waals surface area contributed by atoms with Crippen molar-refractivity contribution in [2.24, 2.45) is 0 Å². The number of carbonyl (C=O) groups excluding carboxylic acids is 2. The molecule has 1 saturated carbocycles. The van der Waals surface area contributed by atoms with Gasteiger partial charge in [-0.05, 0) is 45.6 Å². The monoisotopic (exact) mass is 671 g/mol. The summed E-state index contributed by atoms with van der Waals surface area (Å²) in [6.07, 6.45) is 6.80. The van der Waals surface area contributed by atoms with E-state index in [0.29, 0.717) is 50.5 Å². The summed E-state index contributed by atoms with van der Waals surface area (Å²) in [5, 5.41) is 14.9. The number of carbonyl (C=O) groups is 2. The number of piperazine rings is 1. The number of benzene rings is 2. The van der Waals surface area contributed by atoms with Crippen LogP contribution in [0.2, 0.25) is 0 Å². The van der Waals surface area contributed by atoms with Gasteiger partial charge >= 0.3 is 6.09 Å². The molecule has 2 unspecified atom stereocenters. The maximum Gasteiger partial charge on any atom is 0.410 e. The lowest BCUT2D eigenvalue weighted by atomic mass is 9.80. The molecule has 1 aliphatic carbocycles. The Balaban J connectivity index is 1.32. The van der Waals surface area contributed by atoms with Crippen LogP contribution in [-0.4, -0.2) is 84.9 Å². The van der Waals surface area contributed by atoms with Crippen LogP contribution < -0.4 is 0 Å². The summed E-state index contributed by atoms with van der Waals surface area (Å²) in [5.41, 5.74) is 1.17. The zero-order valence-corrected chi connectivity index (χ0v) is 28.8. The molecule has 0 spiro atoms. The zero-order chi connectivity index (χ0) is 33.7. The van der Waals surface area contributed by atoms with Gasteiger partial charge in [-0.25, -0.2) is 14.8 Å². The molecule has 254 valence electrons. The fourth-order valence-corrected chi connectivity index (χ4v) is 7.41. The molecule has 4 aromatic rings. The first kappa shape index (κ1) is 33.8. The molecule has 1 N–H and O–H groups in total. The Labute approximate surface area is 286 Å². The van der Waals surface area contributed by atoms with Gasteiger partial charge in [-0.2, -0.15) is 0 Å². The Morgan fingerprint density at radius 1 is 1.02 bits per heavy atom. The Morgan fingerprint density at radius 2 is 1.77 bits per heavy atom. The van der Waals surface area contributed by atoms with Crippen LogP contribution in [0.1, 0.15) is 73.6 Å². The van der Waals surface area contributed by atoms with Crippen molar-refractivity contribution < 1.29 is 24.2 Å². The smallest absolute Gasteiger partial charge is 0.410 e. The SMILES string of the molecule is CC(C)(C)OC(=O)N1CCN(C(=O)c2ncn(C3CCCCC3(O)COCc3nccs3)c2-c2ccccc2)[C@H](Cc2ccccc2)C1. The Morgan fingerprint density at radius 3 is 2.48 bits per heavy atom. The highest BCUT2D eigenvalue weighted by molar-refractivity contribution is 7.09. The molecule has 1 saturated heterocycles. The van der Waals surface area contributed by atoms with Gasteiger partial charge in [-0.3, -0.25) is 4.79 Å². The third-order valence-corrected chi connectivity index (χ3v) is 9.86. The van der Waals surface area contributed by atoms with Crippen LogP contribution in [0.15, 0.2) is 78.6 Å². The highest BCUT2D eigenvalue weighted by Gasteiger charge is 2.43. The van der Waals surface area contributed by atoms with Gasteiger partial charge in [-0.1, -0.05) is 73.5 Å². The average molecular weight is 672 g/mol. The van der Waals surface area contributed by atoms with Crippen molar-refractivity contribution in [3.63, 3.8) is 0 Å². The van der Waals surface area contributed by atoms with Gasteiger partial charge in [0.2, 0.25) is 0 Å². The van der Waals surface area contributed by atoms with Crippen molar-refractivity contribution in [3.05, 3.63) is 94.8 Å². The minimum atomic E-state index is -1.14. The van der Waals surface area contributed by atoms with Gasteiger partial charge in [0, 0.05) is 36.8 Å². The third-order valence-electron chi connectivity index (χ3n) is 9.11. The van der Waals surface area contributed by atoms with Gasteiger partial charge in [0.25, 0.3) is 5.91 Å². The van der Waals surface area contributed by atoms with E-state index in [1.54, 1.807) is 17.4 Å². The number of hydrogen-bond acceptors (Lipinski definition) is 8. The molecule has 3 atom stereocenters. The maximum atomic E-state index is 14.7. The first-order valence-corrected chi connectivity index (χ1v) is 17.6. The van der Waals surface area contributed by atoms with Crippen LogP contribution >= 0.6 is 11.3 Å². The van der Waals surface area contributed by atoms with E-state index in [0.717, 1.165) is 35.4 Å². The summed E-state index contributed by atoms with van der Waals surface area (Å²) in [5.74, 6) is -0.197. The number of hydrogen-bond donors (Lipinski definition) is 1. The van der Waals surface area contributed by atoms with Crippen LogP contribution in [0.4, 0.5) is 4.79 Å². The van der Waals surface area contributed by atoms with Gasteiger partial charge in [0.1, 0.15) is 16.2 Å². The number of nitrogens with zero attached hydrogens (tertiary/aromatic N) is 5. The predicted molar refractivity (Wildman–Crippen MR) is 185 cm³/mol. The minimum Gasteiger partial charge on any atom is -0.444 e.